The average molecular weight is 761 g/mol. The summed E-state index contributed by atoms with van der Waals surface area (Å²) >= 11 is 6.05. The van der Waals surface area contributed by atoms with Gasteiger partial charge in [0.05, 0.1) is 59.9 Å². The van der Waals surface area contributed by atoms with Crippen molar-refractivity contribution >= 4 is 35.3 Å². The molecule has 1 atom stereocenters. The zero-order valence-electron chi connectivity index (χ0n) is 31.0. The Morgan fingerprint density at radius 2 is 1.26 bits per heavy atom. The van der Waals surface area contributed by atoms with Gasteiger partial charge in [0.25, 0.3) is 5.91 Å². The number of fused-ring (bicyclic) bond motifs is 1. The summed E-state index contributed by atoms with van der Waals surface area (Å²) in [5, 5.41) is 36.2. The highest BCUT2D eigenvalue weighted by atomic mass is 35.5. The number of hydrogen-bond acceptors (Lipinski definition) is 10. The number of halogens is 1. The van der Waals surface area contributed by atoms with Crippen LogP contribution < -0.4 is 34.3 Å². The number of carbonyl (C=O) groups excluding carboxylic acids is 1. The molecule has 0 fully saturated rings. The molecule has 1 aliphatic heterocycles. The SMILES string of the molecule is COc1cc(C=Cc2cc(OC)c(OCCCCCCCCOc3ccc(C4NC(=O)c5cc(Cl)ccc5N4)cc3CO)c(OC)c2)cc(CO)c1CO. The number of amides is 1. The number of benzene rings is 4. The summed E-state index contributed by atoms with van der Waals surface area (Å²) in [5.74, 6) is 2.61. The molecule has 0 saturated carbocycles. The molecule has 1 amide bonds. The standard InChI is InChI=1S/C42H49ClN2O9/c1-50-37-19-27(18-30(24-46)34(37)26-48)10-11-28-20-38(51-2)40(39(21-28)52-3)54-17-9-7-5-4-6-8-16-53-36-15-12-29(22-31(36)25-47)41-44-35-14-13-32(43)23-33(35)42(49)45-41/h10-15,18-23,41,44,46-48H,4-9,16-17,24-26H2,1-3H3,(H,45,49). The van der Waals surface area contributed by atoms with Crippen LogP contribution in [0.1, 0.15) is 88.4 Å². The van der Waals surface area contributed by atoms with Crippen molar-refractivity contribution in [3.05, 3.63) is 105 Å². The Morgan fingerprint density at radius 1 is 0.648 bits per heavy atom. The van der Waals surface area contributed by atoms with Crippen molar-refractivity contribution in [2.24, 2.45) is 0 Å². The summed E-state index contributed by atoms with van der Waals surface area (Å²) in [4.78, 5) is 12.6. The molecule has 0 aromatic heterocycles. The molecule has 0 saturated heterocycles. The van der Waals surface area contributed by atoms with Crippen LogP contribution in [0.3, 0.4) is 0 Å². The molecule has 4 aromatic carbocycles. The molecule has 1 aliphatic rings. The van der Waals surface area contributed by atoms with Gasteiger partial charge in [-0.2, -0.15) is 0 Å². The lowest BCUT2D eigenvalue weighted by atomic mass is 10.0. The van der Waals surface area contributed by atoms with Gasteiger partial charge < -0.3 is 49.6 Å². The molecule has 5 N–H and O–H groups in total. The average Bonchev–Trinajstić information content (AvgIpc) is 3.20. The third-order valence-corrected chi connectivity index (χ3v) is 9.49. The minimum atomic E-state index is -0.440. The van der Waals surface area contributed by atoms with E-state index in [1.165, 1.54) is 7.11 Å². The number of aliphatic hydroxyl groups is 3. The maximum atomic E-state index is 12.6. The summed E-state index contributed by atoms with van der Waals surface area (Å²) in [7, 11) is 4.72. The van der Waals surface area contributed by atoms with E-state index < -0.39 is 6.17 Å². The zero-order chi connectivity index (χ0) is 38.5. The van der Waals surface area contributed by atoms with Gasteiger partial charge in [-0.15, -0.1) is 0 Å². The van der Waals surface area contributed by atoms with Crippen molar-refractivity contribution in [3.63, 3.8) is 0 Å². The van der Waals surface area contributed by atoms with Crippen LogP contribution in [0.5, 0.6) is 28.7 Å². The number of nitrogens with one attached hydrogen (secondary N) is 2. The molecule has 54 heavy (non-hydrogen) atoms. The largest absolute Gasteiger partial charge is 0.496 e. The first kappa shape index (κ1) is 40.2. The van der Waals surface area contributed by atoms with Gasteiger partial charge in [-0.05, 0) is 89.7 Å². The summed E-state index contributed by atoms with van der Waals surface area (Å²) in [5.41, 5.74) is 5.48. The van der Waals surface area contributed by atoms with Crippen molar-refractivity contribution in [1.82, 2.24) is 5.32 Å². The van der Waals surface area contributed by atoms with E-state index in [1.54, 1.807) is 32.4 Å². The van der Waals surface area contributed by atoms with Gasteiger partial charge in [-0.3, -0.25) is 4.79 Å². The summed E-state index contributed by atoms with van der Waals surface area (Å²) in [6.45, 7) is 0.448. The molecular weight excluding hydrogens is 712 g/mol. The highest BCUT2D eigenvalue weighted by molar-refractivity contribution is 6.31. The van der Waals surface area contributed by atoms with E-state index in [0.29, 0.717) is 74.9 Å². The lowest BCUT2D eigenvalue weighted by molar-refractivity contribution is 0.0935. The van der Waals surface area contributed by atoms with Crippen molar-refractivity contribution in [2.45, 2.75) is 64.5 Å². The Morgan fingerprint density at radius 3 is 1.89 bits per heavy atom. The van der Waals surface area contributed by atoms with Gasteiger partial charge in [0.15, 0.2) is 11.5 Å². The number of ether oxygens (including phenoxy) is 5. The minimum Gasteiger partial charge on any atom is -0.496 e. The molecular formula is C42H49ClN2O9. The second-order valence-electron chi connectivity index (χ2n) is 12.8. The summed E-state index contributed by atoms with van der Waals surface area (Å²) in [6, 6.07) is 18.1. The minimum absolute atomic E-state index is 0.179. The topological polar surface area (TPSA) is 148 Å². The van der Waals surface area contributed by atoms with Crippen molar-refractivity contribution in [2.75, 3.05) is 39.9 Å². The van der Waals surface area contributed by atoms with E-state index in [1.807, 2.05) is 54.6 Å². The summed E-state index contributed by atoms with van der Waals surface area (Å²) in [6.07, 6.45) is 9.29. The molecule has 288 valence electrons. The molecule has 1 unspecified atom stereocenters. The van der Waals surface area contributed by atoms with E-state index in [2.05, 4.69) is 10.6 Å². The van der Waals surface area contributed by atoms with Crippen LogP contribution in [0.15, 0.2) is 60.7 Å². The Kier molecular flexibility index (Phi) is 14.9. The number of rotatable bonds is 20. The molecule has 0 bridgehead atoms. The van der Waals surface area contributed by atoms with E-state index in [-0.39, 0.29) is 25.7 Å². The smallest absolute Gasteiger partial charge is 0.255 e. The first-order chi connectivity index (χ1) is 26.3. The molecule has 1 heterocycles. The fourth-order valence-electron chi connectivity index (χ4n) is 6.36. The van der Waals surface area contributed by atoms with Crippen LogP contribution >= 0.6 is 11.6 Å². The van der Waals surface area contributed by atoms with Crippen LogP contribution in [-0.4, -0.2) is 55.8 Å². The highest BCUT2D eigenvalue weighted by Crippen LogP contribution is 2.39. The highest BCUT2D eigenvalue weighted by Gasteiger charge is 2.25. The van der Waals surface area contributed by atoms with Gasteiger partial charge >= 0.3 is 0 Å². The van der Waals surface area contributed by atoms with E-state index >= 15 is 0 Å². The van der Waals surface area contributed by atoms with Gasteiger partial charge in [-0.1, -0.05) is 55.5 Å². The Hall–Kier alpha value is -4.94. The van der Waals surface area contributed by atoms with Crippen LogP contribution in [0.2, 0.25) is 5.02 Å². The predicted octanol–water partition coefficient (Wildman–Crippen LogP) is 7.67. The Labute approximate surface area is 321 Å². The predicted molar refractivity (Wildman–Crippen MR) is 210 cm³/mol. The molecule has 0 spiro atoms. The number of hydrogen-bond donors (Lipinski definition) is 5. The van der Waals surface area contributed by atoms with Crippen LogP contribution in [0, 0.1) is 0 Å². The van der Waals surface area contributed by atoms with Crippen molar-refractivity contribution in [1.29, 1.82) is 0 Å². The molecule has 0 radical (unpaired) electrons. The first-order valence-corrected chi connectivity index (χ1v) is 18.4. The second-order valence-corrected chi connectivity index (χ2v) is 13.3. The summed E-state index contributed by atoms with van der Waals surface area (Å²) < 4.78 is 28.9. The van der Waals surface area contributed by atoms with Crippen molar-refractivity contribution in [3.8, 4) is 28.7 Å². The second kappa shape index (κ2) is 19.9. The zero-order valence-corrected chi connectivity index (χ0v) is 31.7. The quantitative estimate of drug-likeness (QED) is 0.0449. The monoisotopic (exact) mass is 760 g/mol. The van der Waals surface area contributed by atoms with Crippen LogP contribution in [0.4, 0.5) is 5.69 Å². The molecule has 0 aliphatic carbocycles. The maximum absolute atomic E-state index is 12.6. The number of unbranched alkanes of at least 4 members (excludes halogenated alkanes) is 5. The third-order valence-electron chi connectivity index (χ3n) is 9.26. The van der Waals surface area contributed by atoms with Gasteiger partial charge in [0, 0.05) is 21.8 Å². The number of carbonyl (C=O) groups is 1. The van der Waals surface area contributed by atoms with Crippen LogP contribution in [-0.2, 0) is 19.8 Å². The van der Waals surface area contributed by atoms with Crippen LogP contribution in [0.25, 0.3) is 12.2 Å². The van der Waals surface area contributed by atoms with E-state index in [0.717, 1.165) is 55.2 Å². The van der Waals surface area contributed by atoms with Gasteiger partial charge in [-0.25, -0.2) is 0 Å². The lowest BCUT2D eigenvalue weighted by Crippen LogP contribution is -2.38. The van der Waals surface area contributed by atoms with Crippen molar-refractivity contribution < 1.29 is 43.8 Å². The third kappa shape index (κ3) is 10.2. The fraction of sp³-hybridized carbons (Fsp3) is 0.357. The Bertz CT molecular complexity index is 1870. The lowest BCUT2D eigenvalue weighted by Gasteiger charge is -2.28. The maximum Gasteiger partial charge on any atom is 0.255 e. The molecule has 11 nitrogen and oxygen atoms in total. The Balaban J connectivity index is 1.03. The number of anilines is 1. The van der Waals surface area contributed by atoms with E-state index in [4.69, 9.17) is 35.3 Å². The van der Waals surface area contributed by atoms with Gasteiger partial charge in [0.1, 0.15) is 17.7 Å². The number of methoxy groups -OCH3 is 3. The molecule has 12 heteroatoms. The van der Waals surface area contributed by atoms with Gasteiger partial charge in [0.2, 0.25) is 5.75 Å². The number of aliphatic hydroxyl groups excluding tert-OH is 3. The molecule has 5 rings (SSSR count). The van der Waals surface area contributed by atoms with E-state index in [9.17, 15) is 20.1 Å². The molecule has 4 aromatic rings. The normalized spacial score (nSPS) is 13.6. The first-order valence-electron chi connectivity index (χ1n) is 18.0. The fourth-order valence-corrected chi connectivity index (χ4v) is 6.54.